The summed E-state index contributed by atoms with van der Waals surface area (Å²) >= 11 is 1.71. The lowest BCUT2D eigenvalue weighted by Crippen LogP contribution is -2.41. The summed E-state index contributed by atoms with van der Waals surface area (Å²) in [6.45, 7) is 8.32. The van der Waals surface area contributed by atoms with E-state index >= 15 is 0 Å². The largest absolute Gasteiger partial charge is 0.505 e. The molecule has 0 N–H and O–H groups in total. The van der Waals surface area contributed by atoms with Gasteiger partial charge in [-0.3, -0.25) is 0 Å². The second kappa shape index (κ2) is 5.69. The third-order valence-corrected chi connectivity index (χ3v) is 5.44. The average molecular weight is 312 g/mol. The Labute approximate surface area is 136 Å². The fourth-order valence-electron chi connectivity index (χ4n) is 2.29. The van der Waals surface area contributed by atoms with Crippen LogP contribution in [0, 0.1) is 0 Å². The third-order valence-electron chi connectivity index (χ3n) is 4.37. The summed E-state index contributed by atoms with van der Waals surface area (Å²) in [5.41, 5.74) is 0.622. The lowest BCUT2D eigenvalue weighted by molar-refractivity contribution is 0.00578. The average Bonchev–Trinajstić information content (AvgIpc) is 3.01. The molecule has 0 atom stereocenters. The first kappa shape index (κ1) is 15.5. The lowest BCUT2D eigenvalue weighted by Gasteiger charge is -2.32. The van der Waals surface area contributed by atoms with E-state index in [0.29, 0.717) is 0 Å². The molecule has 2 nitrogen and oxygen atoms in total. The van der Waals surface area contributed by atoms with Crippen molar-refractivity contribution < 1.29 is 9.31 Å². The highest BCUT2D eigenvalue weighted by molar-refractivity contribution is 7.23. The van der Waals surface area contributed by atoms with Gasteiger partial charge in [-0.05, 0) is 45.4 Å². The van der Waals surface area contributed by atoms with E-state index in [1.807, 2.05) is 18.2 Å². The molecule has 1 aromatic heterocycles. The highest BCUT2D eigenvalue weighted by Gasteiger charge is 2.52. The van der Waals surface area contributed by atoms with Crippen molar-refractivity contribution in [2.24, 2.45) is 0 Å². The normalized spacial score (nSPS) is 19.9. The molecule has 1 aliphatic heterocycles. The van der Waals surface area contributed by atoms with Crippen LogP contribution in [0.3, 0.4) is 0 Å². The van der Waals surface area contributed by atoms with Crippen LogP contribution in [0.1, 0.15) is 38.1 Å². The van der Waals surface area contributed by atoms with Crippen LogP contribution >= 0.6 is 11.3 Å². The van der Waals surface area contributed by atoms with Gasteiger partial charge in [0.25, 0.3) is 0 Å². The van der Waals surface area contributed by atoms with Crippen molar-refractivity contribution >= 4 is 35.4 Å². The van der Waals surface area contributed by atoms with Crippen LogP contribution in [0.15, 0.2) is 42.5 Å². The van der Waals surface area contributed by atoms with Crippen LogP contribution < -0.4 is 4.78 Å². The van der Waals surface area contributed by atoms with E-state index in [1.54, 1.807) is 11.3 Å². The second-order valence-electron chi connectivity index (χ2n) is 6.57. The molecule has 0 amide bonds. The number of benzene rings is 1. The van der Waals surface area contributed by atoms with Gasteiger partial charge < -0.3 is 9.31 Å². The van der Waals surface area contributed by atoms with Gasteiger partial charge in [-0.1, -0.05) is 42.5 Å². The Hall–Kier alpha value is -1.36. The van der Waals surface area contributed by atoms with Crippen molar-refractivity contribution in [3.05, 3.63) is 52.9 Å². The van der Waals surface area contributed by atoms with Crippen LogP contribution in [-0.2, 0) is 9.31 Å². The molecule has 4 heteroatoms. The van der Waals surface area contributed by atoms with Crippen LogP contribution in [-0.4, -0.2) is 18.3 Å². The fourth-order valence-corrected chi connectivity index (χ4v) is 3.16. The highest BCUT2D eigenvalue weighted by Crippen LogP contribution is 2.37. The molecular weight excluding hydrogens is 291 g/mol. The molecule has 0 unspecified atom stereocenters. The molecule has 22 heavy (non-hydrogen) atoms. The zero-order valence-corrected chi connectivity index (χ0v) is 14.3. The molecule has 1 saturated heterocycles. The quantitative estimate of drug-likeness (QED) is 0.790. The molecule has 3 rings (SSSR count). The van der Waals surface area contributed by atoms with E-state index in [-0.39, 0.29) is 18.3 Å². The summed E-state index contributed by atoms with van der Waals surface area (Å²) in [4.78, 5) is 1.20. The van der Waals surface area contributed by atoms with E-state index in [4.69, 9.17) is 9.31 Å². The van der Waals surface area contributed by atoms with Gasteiger partial charge in [-0.15, -0.1) is 11.3 Å². The Morgan fingerprint density at radius 2 is 1.50 bits per heavy atom. The SMILES string of the molecule is CC1(C)OB(c2ccc(/C=C\c3ccccc3)s2)OC1(C)C. The van der Waals surface area contributed by atoms with Crippen molar-refractivity contribution in [1.82, 2.24) is 0 Å². The van der Waals surface area contributed by atoms with Gasteiger partial charge >= 0.3 is 7.12 Å². The monoisotopic (exact) mass is 312 g/mol. The highest BCUT2D eigenvalue weighted by atomic mass is 32.1. The zero-order chi connectivity index (χ0) is 15.8. The maximum atomic E-state index is 6.09. The van der Waals surface area contributed by atoms with Crippen LogP contribution in [0.5, 0.6) is 0 Å². The van der Waals surface area contributed by atoms with Crippen LogP contribution in [0.25, 0.3) is 12.2 Å². The minimum atomic E-state index is -0.290. The van der Waals surface area contributed by atoms with Gasteiger partial charge in [-0.2, -0.15) is 0 Å². The molecule has 0 spiro atoms. The van der Waals surface area contributed by atoms with E-state index in [9.17, 15) is 0 Å². The van der Waals surface area contributed by atoms with Gasteiger partial charge in [0.1, 0.15) is 0 Å². The first-order valence-electron chi connectivity index (χ1n) is 7.56. The Morgan fingerprint density at radius 1 is 0.864 bits per heavy atom. The summed E-state index contributed by atoms with van der Waals surface area (Å²) in [5, 5.41) is 0. The second-order valence-corrected chi connectivity index (χ2v) is 7.72. The number of thiophene rings is 1. The fraction of sp³-hybridized carbons (Fsp3) is 0.333. The molecule has 1 aliphatic rings. The van der Waals surface area contributed by atoms with Gasteiger partial charge in [0.05, 0.1) is 11.2 Å². The molecule has 114 valence electrons. The van der Waals surface area contributed by atoms with Crippen LogP contribution in [0.2, 0.25) is 0 Å². The van der Waals surface area contributed by atoms with E-state index < -0.39 is 0 Å². The van der Waals surface area contributed by atoms with Crippen molar-refractivity contribution in [1.29, 1.82) is 0 Å². The lowest BCUT2D eigenvalue weighted by atomic mass is 9.88. The third kappa shape index (κ3) is 3.05. The summed E-state index contributed by atoms with van der Waals surface area (Å²) in [5.74, 6) is 0. The van der Waals surface area contributed by atoms with Crippen LogP contribution in [0.4, 0.5) is 0 Å². The molecule has 0 saturated carbocycles. The molecule has 0 radical (unpaired) electrons. The maximum Gasteiger partial charge on any atom is 0.505 e. The predicted octanol–water partition coefficient (Wildman–Crippen LogP) is 4.22. The van der Waals surface area contributed by atoms with E-state index in [2.05, 4.69) is 64.1 Å². The molecule has 0 aliphatic carbocycles. The summed E-state index contributed by atoms with van der Waals surface area (Å²) < 4.78 is 13.3. The predicted molar refractivity (Wildman–Crippen MR) is 95.4 cm³/mol. The smallest absolute Gasteiger partial charge is 0.399 e. The zero-order valence-electron chi connectivity index (χ0n) is 13.5. The number of rotatable bonds is 3. The molecule has 2 aromatic rings. The molecule has 1 fully saturated rings. The first-order valence-corrected chi connectivity index (χ1v) is 8.38. The molecule has 1 aromatic carbocycles. The summed E-state index contributed by atoms with van der Waals surface area (Å²) in [6.07, 6.45) is 4.26. The van der Waals surface area contributed by atoms with Crippen molar-refractivity contribution in [3.8, 4) is 0 Å². The van der Waals surface area contributed by atoms with E-state index in [0.717, 1.165) is 4.78 Å². The Balaban J connectivity index is 1.74. The first-order chi connectivity index (χ1) is 10.4. The minimum Gasteiger partial charge on any atom is -0.399 e. The Kier molecular flexibility index (Phi) is 4.02. The van der Waals surface area contributed by atoms with Gasteiger partial charge in [0.2, 0.25) is 0 Å². The molecular formula is C18H21BO2S. The van der Waals surface area contributed by atoms with Gasteiger partial charge in [-0.25, -0.2) is 0 Å². The number of hydrogen-bond acceptors (Lipinski definition) is 3. The maximum absolute atomic E-state index is 6.09. The Bertz CT molecular complexity index is 657. The van der Waals surface area contributed by atoms with Crippen molar-refractivity contribution in [2.45, 2.75) is 38.9 Å². The van der Waals surface area contributed by atoms with E-state index in [1.165, 1.54) is 10.4 Å². The topological polar surface area (TPSA) is 18.5 Å². The van der Waals surface area contributed by atoms with Gasteiger partial charge in [0.15, 0.2) is 0 Å². The minimum absolute atomic E-state index is 0.270. The van der Waals surface area contributed by atoms with Crippen molar-refractivity contribution in [3.63, 3.8) is 0 Å². The van der Waals surface area contributed by atoms with Gasteiger partial charge in [0, 0.05) is 9.65 Å². The Morgan fingerprint density at radius 3 is 2.14 bits per heavy atom. The standard InChI is InChI=1S/C18H21BO2S/c1-17(2)18(3,4)21-19(20-17)16-13-12-15(22-16)11-10-14-8-6-5-7-9-14/h5-13H,1-4H3/b11-10-. The van der Waals surface area contributed by atoms with Crippen molar-refractivity contribution in [2.75, 3.05) is 0 Å². The summed E-state index contributed by atoms with van der Waals surface area (Å²) in [7, 11) is -0.270. The summed E-state index contributed by atoms with van der Waals surface area (Å²) in [6, 6.07) is 14.5. The number of hydrogen-bond donors (Lipinski definition) is 0. The molecule has 0 bridgehead atoms. The molecule has 2 heterocycles.